The Hall–Kier alpha value is -2.02. The lowest BCUT2D eigenvalue weighted by molar-refractivity contribution is 0.129. The molecule has 84 valence electrons. The first-order valence-electron chi connectivity index (χ1n) is 5.07. The van der Waals surface area contributed by atoms with Crippen molar-refractivity contribution in [1.29, 1.82) is 5.26 Å². The van der Waals surface area contributed by atoms with E-state index in [1.165, 1.54) is 0 Å². The van der Waals surface area contributed by atoms with E-state index in [1.54, 1.807) is 18.5 Å². The molecule has 0 N–H and O–H groups in total. The zero-order valence-corrected chi connectivity index (χ0v) is 9.43. The van der Waals surface area contributed by atoms with Crippen LogP contribution >= 0.6 is 0 Å². The van der Waals surface area contributed by atoms with Gasteiger partial charge in [0, 0.05) is 11.8 Å². The summed E-state index contributed by atoms with van der Waals surface area (Å²) < 4.78 is 4.85. The average molecular weight is 218 g/mol. The number of nitriles is 1. The van der Waals surface area contributed by atoms with E-state index in [0.29, 0.717) is 12.4 Å². The van der Waals surface area contributed by atoms with Crippen LogP contribution in [0, 0.1) is 18.4 Å². The van der Waals surface area contributed by atoms with E-state index in [0.717, 1.165) is 17.5 Å². The Morgan fingerprint density at radius 2 is 2.31 bits per heavy atom. The number of hydrogen-bond acceptors (Lipinski definition) is 4. The van der Waals surface area contributed by atoms with E-state index in [2.05, 4.69) is 5.16 Å². The third kappa shape index (κ3) is 3.28. The van der Waals surface area contributed by atoms with E-state index in [4.69, 9.17) is 14.8 Å². The highest BCUT2D eigenvalue weighted by molar-refractivity contribution is 5.55. The van der Waals surface area contributed by atoms with E-state index in [9.17, 15) is 0 Å². The molecule has 4 nitrogen and oxygen atoms in total. The van der Waals surface area contributed by atoms with E-state index < -0.39 is 0 Å². The molecule has 0 saturated heterocycles. The summed E-state index contributed by atoms with van der Waals surface area (Å²) in [6, 6.07) is 5.51. The maximum atomic E-state index is 8.50. The van der Waals surface area contributed by atoms with Crippen molar-refractivity contribution in [2.24, 2.45) is 5.16 Å². The van der Waals surface area contributed by atoms with E-state index in [-0.39, 0.29) is 0 Å². The second kappa shape index (κ2) is 6.46. The van der Waals surface area contributed by atoms with Crippen LogP contribution in [0.5, 0.6) is 5.75 Å². The van der Waals surface area contributed by atoms with Crippen LogP contribution in [-0.4, -0.2) is 6.21 Å². The van der Waals surface area contributed by atoms with Gasteiger partial charge in [0.2, 0.25) is 0 Å². The smallest absolute Gasteiger partial charge is 0.292 e. The number of aryl methyl sites for hydroxylation is 1. The highest BCUT2D eigenvalue weighted by Gasteiger charge is 2.07. The van der Waals surface area contributed by atoms with Crippen LogP contribution in [-0.2, 0) is 11.4 Å². The number of oxime groups is 1. The molecule has 16 heavy (non-hydrogen) atoms. The van der Waals surface area contributed by atoms with Crippen LogP contribution in [0.1, 0.15) is 24.5 Å². The minimum Gasteiger partial charge on any atom is -0.391 e. The van der Waals surface area contributed by atoms with Crippen molar-refractivity contribution in [2.75, 3.05) is 0 Å². The van der Waals surface area contributed by atoms with E-state index in [1.807, 2.05) is 26.0 Å². The van der Waals surface area contributed by atoms with Gasteiger partial charge in [0.15, 0.2) is 0 Å². The molecule has 0 bridgehead atoms. The van der Waals surface area contributed by atoms with Crippen molar-refractivity contribution >= 4 is 6.21 Å². The van der Waals surface area contributed by atoms with Gasteiger partial charge in [-0.3, -0.25) is 0 Å². The molecular weight excluding hydrogens is 204 g/mol. The third-order valence-electron chi connectivity index (χ3n) is 2.06. The van der Waals surface area contributed by atoms with Crippen LogP contribution in [0.2, 0.25) is 0 Å². The van der Waals surface area contributed by atoms with Crippen molar-refractivity contribution in [3.05, 3.63) is 29.3 Å². The molecular formula is C12H14N2O2. The summed E-state index contributed by atoms with van der Waals surface area (Å²) in [6.45, 7) is 4.22. The van der Waals surface area contributed by atoms with Crippen LogP contribution in [0.25, 0.3) is 0 Å². The van der Waals surface area contributed by atoms with Gasteiger partial charge in [-0.05, 0) is 25.0 Å². The molecule has 1 rings (SSSR count). The molecule has 0 aliphatic carbocycles. The maximum Gasteiger partial charge on any atom is 0.292 e. The Labute approximate surface area is 95.1 Å². The Morgan fingerprint density at radius 3 is 3.00 bits per heavy atom. The number of rotatable bonds is 5. The fourth-order valence-electron chi connectivity index (χ4n) is 1.23. The fourth-order valence-corrected chi connectivity index (χ4v) is 1.23. The average Bonchev–Trinajstić information content (AvgIpc) is 2.28. The van der Waals surface area contributed by atoms with Gasteiger partial charge < -0.3 is 9.57 Å². The monoisotopic (exact) mass is 218 g/mol. The summed E-state index contributed by atoms with van der Waals surface area (Å²) in [4.78, 5) is 5.11. The largest absolute Gasteiger partial charge is 0.391 e. The van der Waals surface area contributed by atoms with Gasteiger partial charge in [-0.15, -0.1) is 5.26 Å². The third-order valence-corrected chi connectivity index (χ3v) is 2.06. The highest BCUT2D eigenvalue weighted by atomic mass is 16.6. The Kier molecular flexibility index (Phi) is 4.87. The molecule has 0 radical (unpaired) electrons. The molecule has 0 saturated carbocycles. The van der Waals surface area contributed by atoms with Crippen LogP contribution in [0.15, 0.2) is 23.4 Å². The van der Waals surface area contributed by atoms with Crippen LogP contribution < -0.4 is 4.74 Å². The first-order chi connectivity index (χ1) is 7.79. The minimum atomic E-state index is 0.306. The van der Waals surface area contributed by atoms with Crippen molar-refractivity contribution in [1.82, 2.24) is 0 Å². The summed E-state index contributed by atoms with van der Waals surface area (Å²) in [7, 11) is 0. The molecule has 0 aliphatic heterocycles. The van der Waals surface area contributed by atoms with Gasteiger partial charge in [0.1, 0.15) is 12.4 Å². The summed E-state index contributed by atoms with van der Waals surface area (Å²) in [6.07, 6.45) is 4.17. The molecule has 1 aromatic rings. The molecule has 0 spiro atoms. The Bertz CT molecular complexity index is 408. The lowest BCUT2D eigenvalue weighted by Gasteiger charge is -2.08. The molecule has 0 unspecified atom stereocenters. The zero-order valence-electron chi connectivity index (χ0n) is 9.43. The number of hydrogen-bond donors (Lipinski definition) is 0. The fraction of sp³-hybridized carbons (Fsp3) is 0.333. The lowest BCUT2D eigenvalue weighted by atomic mass is 10.1. The molecule has 4 heteroatoms. The first kappa shape index (κ1) is 12.1. The lowest BCUT2D eigenvalue weighted by Crippen LogP contribution is -1.96. The van der Waals surface area contributed by atoms with Crippen molar-refractivity contribution in [3.8, 4) is 12.0 Å². The quantitative estimate of drug-likeness (QED) is 0.434. The molecule has 0 amide bonds. The molecule has 0 fully saturated rings. The van der Waals surface area contributed by atoms with Gasteiger partial charge in [0.25, 0.3) is 6.26 Å². The normalized spacial score (nSPS) is 10.1. The molecule has 0 aliphatic rings. The second-order valence-corrected chi connectivity index (χ2v) is 3.21. The van der Waals surface area contributed by atoms with E-state index >= 15 is 0 Å². The predicted octanol–water partition coefficient (Wildman–Crippen LogP) is 2.77. The van der Waals surface area contributed by atoms with Gasteiger partial charge in [-0.2, -0.15) is 0 Å². The van der Waals surface area contributed by atoms with Gasteiger partial charge >= 0.3 is 0 Å². The maximum absolute atomic E-state index is 8.50. The predicted molar refractivity (Wildman–Crippen MR) is 61.0 cm³/mol. The topological polar surface area (TPSA) is 54.6 Å². The molecule has 0 heterocycles. The van der Waals surface area contributed by atoms with Gasteiger partial charge in [-0.25, -0.2) is 0 Å². The number of benzene rings is 1. The van der Waals surface area contributed by atoms with Crippen molar-refractivity contribution < 1.29 is 9.57 Å². The van der Waals surface area contributed by atoms with Crippen molar-refractivity contribution in [3.63, 3.8) is 0 Å². The highest BCUT2D eigenvalue weighted by Crippen LogP contribution is 2.22. The Morgan fingerprint density at radius 1 is 1.50 bits per heavy atom. The second-order valence-electron chi connectivity index (χ2n) is 3.21. The summed E-state index contributed by atoms with van der Waals surface area (Å²) in [5, 5.41) is 12.3. The minimum absolute atomic E-state index is 0.306. The van der Waals surface area contributed by atoms with Crippen molar-refractivity contribution in [2.45, 2.75) is 26.9 Å². The van der Waals surface area contributed by atoms with Crippen LogP contribution in [0.3, 0.4) is 0 Å². The summed E-state index contributed by atoms with van der Waals surface area (Å²) in [5.41, 5.74) is 1.86. The molecule has 0 aromatic heterocycles. The first-order valence-corrected chi connectivity index (χ1v) is 5.07. The van der Waals surface area contributed by atoms with Gasteiger partial charge in [0.05, 0.1) is 0 Å². The number of nitrogens with zero attached hydrogens (tertiary/aromatic N) is 2. The van der Waals surface area contributed by atoms with Gasteiger partial charge in [-0.1, -0.05) is 24.2 Å². The molecule has 1 aromatic carbocycles. The standard InChI is InChI=1S/C12H14N2O2/c1-3-7-14-16-8-11-10(2)5-4-6-12(11)15-9-13/h4-7H,3,8H2,1-2H3. The summed E-state index contributed by atoms with van der Waals surface area (Å²) >= 11 is 0. The zero-order chi connectivity index (χ0) is 11.8. The number of ether oxygens (including phenoxy) is 1. The SMILES string of the molecule is CCC=NOCc1c(C)cccc1OC#N. The summed E-state index contributed by atoms with van der Waals surface area (Å²) in [5.74, 6) is 0.522. The molecule has 0 atom stereocenters. The Balaban J connectivity index is 2.76. The van der Waals surface area contributed by atoms with Crippen LogP contribution in [0.4, 0.5) is 0 Å².